The Labute approximate surface area is 145 Å². The standard InChI is InChI=1S/C16H22N4O5/c1-3-25-14(21)5-4-12-15(17-10-13(19-12)24-2)18-11-6-8-20(9-7-11)16(22)23/h4-5,10-11H,3,6-9H2,1-2H3,(H,17,18)(H,22,23)/b5-4+. The van der Waals surface area contributed by atoms with Crippen molar-refractivity contribution in [1.29, 1.82) is 0 Å². The average molecular weight is 350 g/mol. The van der Waals surface area contributed by atoms with E-state index in [1.165, 1.54) is 30.4 Å². The number of amides is 1. The van der Waals surface area contributed by atoms with Crippen molar-refractivity contribution in [3.63, 3.8) is 0 Å². The highest BCUT2D eigenvalue weighted by atomic mass is 16.5. The highest BCUT2D eigenvalue weighted by Crippen LogP contribution is 2.20. The number of rotatable bonds is 6. The third-order valence-corrected chi connectivity index (χ3v) is 3.76. The van der Waals surface area contributed by atoms with Crippen LogP contribution < -0.4 is 10.1 Å². The fourth-order valence-electron chi connectivity index (χ4n) is 2.46. The van der Waals surface area contributed by atoms with Crippen LogP contribution in [0.3, 0.4) is 0 Å². The number of ether oxygens (including phenoxy) is 2. The Morgan fingerprint density at radius 3 is 2.76 bits per heavy atom. The molecule has 1 aliphatic rings. The predicted octanol–water partition coefficient (Wildman–Crippen LogP) is 1.62. The fourth-order valence-corrected chi connectivity index (χ4v) is 2.46. The number of anilines is 1. The summed E-state index contributed by atoms with van der Waals surface area (Å²) in [5.41, 5.74) is 0.452. The molecule has 1 amide bonds. The molecule has 0 bridgehead atoms. The molecule has 1 fully saturated rings. The number of piperidine rings is 1. The smallest absolute Gasteiger partial charge is 0.407 e. The van der Waals surface area contributed by atoms with Gasteiger partial charge in [-0.1, -0.05) is 0 Å². The average Bonchev–Trinajstić information content (AvgIpc) is 2.61. The van der Waals surface area contributed by atoms with Crippen LogP contribution in [0.25, 0.3) is 6.08 Å². The number of nitrogens with zero attached hydrogens (tertiary/aromatic N) is 3. The molecule has 2 N–H and O–H groups in total. The zero-order chi connectivity index (χ0) is 18.2. The van der Waals surface area contributed by atoms with Crippen molar-refractivity contribution in [2.45, 2.75) is 25.8 Å². The van der Waals surface area contributed by atoms with Gasteiger partial charge in [0.1, 0.15) is 5.69 Å². The maximum absolute atomic E-state index is 11.5. The van der Waals surface area contributed by atoms with E-state index in [1.54, 1.807) is 6.92 Å². The summed E-state index contributed by atoms with van der Waals surface area (Å²) in [5, 5.41) is 12.3. The molecular formula is C16H22N4O5. The van der Waals surface area contributed by atoms with E-state index in [9.17, 15) is 9.59 Å². The number of nitrogens with one attached hydrogen (secondary N) is 1. The molecule has 9 heteroatoms. The van der Waals surface area contributed by atoms with Gasteiger partial charge in [-0.3, -0.25) is 0 Å². The van der Waals surface area contributed by atoms with Gasteiger partial charge in [-0.25, -0.2) is 19.6 Å². The number of esters is 1. The molecule has 0 spiro atoms. The van der Waals surface area contributed by atoms with E-state index in [-0.39, 0.29) is 6.04 Å². The lowest BCUT2D eigenvalue weighted by Crippen LogP contribution is -2.41. The van der Waals surface area contributed by atoms with E-state index >= 15 is 0 Å². The maximum atomic E-state index is 11.5. The van der Waals surface area contributed by atoms with E-state index < -0.39 is 12.1 Å². The minimum atomic E-state index is -0.902. The van der Waals surface area contributed by atoms with Crippen molar-refractivity contribution < 1.29 is 24.2 Å². The number of carboxylic acid groups (broad SMARTS) is 1. The van der Waals surface area contributed by atoms with Gasteiger partial charge in [-0.15, -0.1) is 0 Å². The first-order valence-corrected chi connectivity index (χ1v) is 8.03. The minimum absolute atomic E-state index is 0.0769. The number of hydrogen-bond acceptors (Lipinski definition) is 7. The molecule has 9 nitrogen and oxygen atoms in total. The molecule has 2 rings (SSSR count). The highest BCUT2D eigenvalue weighted by Gasteiger charge is 2.23. The molecule has 0 saturated carbocycles. The molecule has 1 saturated heterocycles. The second-order valence-corrected chi connectivity index (χ2v) is 5.42. The van der Waals surface area contributed by atoms with Crippen LogP contribution in [0.2, 0.25) is 0 Å². The van der Waals surface area contributed by atoms with Crippen molar-refractivity contribution in [2.75, 3.05) is 32.1 Å². The van der Waals surface area contributed by atoms with Crippen molar-refractivity contribution >= 4 is 24.0 Å². The first-order chi connectivity index (χ1) is 12.0. The second-order valence-electron chi connectivity index (χ2n) is 5.42. The number of methoxy groups -OCH3 is 1. The van der Waals surface area contributed by atoms with Gasteiger partial charge in [0.2, 0.25) is 5.88 Å². The van der Waals surface area contributed by atoms with Gasteiger partial charge in [0, 0.05) is 25.2 Å². The van der Waals surface area contributed by atoms with Crippen molar-refractivity contribution in [3.8, 4) is 5.88 Å². The topological polar surface area (TPSA) is 114 Å². The third-order valence-electron chi connectivity index (χ3n) is 3.76. The fraction of sp³-hybridized carbons (Fsp3) is 0.500. The van der Waals surface area contributed by atoms with Crippen LogP contribution in [0.1, 0.15) is 25.5 Å². The van der Waals surface area contributed by atoms with Crippen LogP contribution in [-0.2, 0) is 9.53 Å². The van der Waals surface area contributed by atoms with E-state index in [1.807, 2.05) is 0 Å². The van der Waals surface area contributed by atoms with E-state index in [0.29, 0.717) is 49.9 Å². The summed E-state index contributed by atoms with van der Waals surface area (Å²) in [7, 11) is 1.48. The number of carbonyl (C=O) groups is 2. The molecule has 25 heavy (non-hydrogen) atoms. The number of carbonyl (C=O) groups excluding carboxylic acids is 1. The van der Waals surface area contributed by atoms with Crippen molar-refractivity contribution in [1.82, 2.24) is 14.9 Å². The first kappa shape index (κ1) is 18.5. The van der Waals surface area contributed by atoms with Crippen LogP contribution >= 0.6 is 0 Å². The van der Waals surface area contributed by atoms with E-state index in [0.717, 1.165) is 0 Å². The highest BCUT2D eigenvalue weighted by molar-refractivity contribution is 5.87. The van der Waals surface area contributed by atoms with Gasteiger partial charge in [-0.2, -0.15) is 0 Å². The Hall–Kier alpha value is -2.84. The zero-order valence-electron chi connectivity index (χ0n) is 14.3. The largest absolute Gasteiger partial charge is 0.480 e. The molecule has 1 aromatic rings. The number of hydrogen-bond donors (Lipinski definition) is 2. The normalized spacial score (nSPS) is 15.2. The maximum Gasteiger partial charge on any atom is 0.407 e. The Morgan fingerprint density at radius 2 is 2.16 bits per heavy atom. The Morgan fingerprint density at radius 1 is 1.44 bits per heavy atom. The SMILES string of the molecule is CCOC(=O)/C=C/c1nc(OC)cnc1NC1CCN(C(=O)O)CC1. The summed E-state index contributed by atoms with van der Waals surface area (Å²) in [4.78, 5) is 32.4. The number of likely N-dealkylation sites (tertiary alicyclic amines) is 1. The Bertz CT molecular complexity index is 641. The lowest BCUT2D eigenvalue weighted by atomic mass is 10.1. The molecule has 0 radical (unpaired) electrons. The summed E-state index contributed by atoms with van der Waals surface area (Å²) in [6, 6.07) is 0.0769. The molecule has 0 aromatic carbocycles. The second kappa shape index (κ2) is 8.86. The molecule has 0 aliphatic carbocycles. The van der Waals surface area contributed by atoms with Crippen LogP contribution in [0.4, 0.5) is 10.6 Å². The van der Waals surface area contributed by atoms with Gasteiger partial charge in [0.25, 0.3) is 0 Å². The number of aromatic nitrogens is 2. The Balaban J connectivity index is 2.09. The summed E-state index contributed by atoms with van der Waals surface area (Å²) in [6.07, 6.45) is 4.71. The van der Waals surface area contributed by atoms with Crippen molar-refractivity contribution in [3.05, 3.63) is 18.0 Å². The molecule has 0 atom stereocenters. The van der Waals surface area contributed by atoms with Crippen LogP contribution in [0.5, 0.6) is 5.88 Å². The third kappa shape index (κ3) is 5.33. The van der Waals surface area contributed by atoms with Crippen LogP contribution in [-0.4, -0.2) is 64.9 Å². The van der Waals surface area contributed by atoms with Crippen molar-refractivity contribution in [2.24, 2.45) is 0 Å². The Kier molecular flexibility index (Phi) is 6.55. The molecule has 0 unspecified atom stereocenters. The summed E-state index contributed by atoms with van der Waals surface area (Å²) in [5.74, 6) is 0.373. The molecule has 1 aromatic heterocycles. The predicted molar refractivity (Wildman–Crippen MR) is 90.5 cm³/mol. The molecular weight excluding hydrogens is 328 g/mol. The summed E-state index contributed by atoms with van der Waals surface area (Å²) < 4.78 is 9.93. The van der Waals surface area contributed by atoms with Crippen LogP contribution in [0, 0.1) is 0 Å². The van der Waals surface area contributed by atoms with Gasteiger partial charge in [0.05, 0.1) is 19.9 Å². The van der Waals surface area contributed by atoms with Gasteiger partial charge < -0.3 is 24.8 Å². The molecule has 136 valence electrons. The van der Waals surface area contributed by atoms with Crippen LogP contribution in [0.15, 0.2) is 12.3 Å². The quantitative estimate of drug-likeness (QED) is 0.587. The van der Waals surface area contributed by atoms with E-state index in [2.05, 4.69) is 15.3 Å². The molecule has 2 heterocycles. The summed E-state index contributed by atoms with van der Waals surface area (Å²) in [6.45, 7) is 2.95. The lowest BCUT2D eigenvalue weighted by Gasteiger charge is -2.30. The minimum Gasteiger partial charge on any atom is -0.480 e. The lowest BCUT2D eigenvalue weighted by molar-refractivity contribution is -0.137. The van der Waals surface area contributed by atoms with Gasteiger partial charge >= 0.3 is 12.1 Å². The zero-order valence-corrected chi connectivity index (χ0v) is 14.3. The first-order valence-electron chi connectivity index (χ1n) is 8.03. The van der Waals surface area contributed by atoms with Gasteiger partial charge in [-0.05, 0) is 25.8 Å². The van der Waals surface area contributed by atoms with E-state index in [4.69, 9.17) is 14.6 Å². The monoisotopic (exact) mass is 350 g/mol. The molecule has 1 aliphatic heterocycles. The van der Waals surface area contributed by atoms with Gasteiger partial charge in [0.15, 0.2) is 5.82 Å². The summed E-state index contributed by atoms with van der Waals surface area (Å²) >= 11 is 0.